The lowest BCUT2D eigenvalue weighted by Crippen LogP contribution is -2.64. The summed E-state index contributed by atoms with van der Waals surface area (Å²) in [7, 11) is -6.53. The summed E-state index contributed by atoms with van der Waals surface area (Å²) in [5.74, 6) is -1.05. The Kier molecular flexibility index (Phi) is 6.49. The van der Waals surface area contributed by atoms with Crippen molar-refractivity contribution >= 4 is 24.2 Å². The molecule has 9 nitrogen and oxygen atoms in total. The van der Waals surface area contributed by atoms with Crippen molar-refractivity contribution in [3.63, 3.8) is 0 Å². The average Bonchev–Trinajstić information content (AvgIpc) is 3.46. The Morgan fingerprint density at radius 3 is 2.24 bits per heavy atom. The van der Waals surface area contributed by atoms with Crippen molar-refractivity contribution in [3.8, 4) is 11.5 Å². The predicted octanol–water partition coefficient (Wildman–Crippen LogP) is 5.33. The Balaban J connectivity index is 1.53. The maximum Gasteiger partial charge on any atom is 0.268 e. The van der Waals surface area contributed by atoms with Gasteiger partial charge in [0.2, 0.25) is 6.79 Å². The number of amides is 1. The lowest BCUT2D eigenvalue weighted by Gasteiger charge is -2.51. The number of benzene rings is 2. The molecule has 0 radical (unpaired) electrons. The highest BCUT2D eigenvalue weighted by Crippen LogP contribution is 2.53. The number of aryl methyl sites for hydroxylation is 1. The van der Waals surface area contributed by atoms with Crippen molar-refractivity contribution in [3.05, 3.63) is 53.1 Å². The lowest BCUT2D eigenvalue weighted by molar-refractivity contribution is -0.153. The average molecular weight is 602 g/mol. The minimum absolute atomic E-state index is 0.0405. The summed E-state index contributed by atoms with van der Waals surface area (Å²) in [4.78, 5) is 14.3. The summed E-state index contributed by atoms with van der Waals surface area (Å²) in [5, 5.41) is -0.0540. The van der Waals surface area contributed by atoms with Crippen molar-refractivity contribution in [1.29, 1.82) is 0 Å². The van der Waals surface area contributed by atoms with E-state index in [4.69, 9.17) is 23.4 Å². The van der Waals surface area contributed by atoms with E-state index < -0.39 is 54.2 Å². The number of nitrogens with zero attached hydrogens (tertiary/aromatic N) is 1. The molecule has 4 aliphatic rings. The number of hydrogen-bond donors (Lipinski definition) is 0. The van der Waals surface area contributed by atoms with Crippen LogP contribution in [0.3, 0.4) is 0 Å². The van der Waals surface area contributed by atoms with Crippen LogP contribution in [0.15, 0.2) is 41.3 Å². The Hall–Kier alpha value is -2.44. The molecule has 222 valence electrons. The van der Waals surface area contributed by atoms with Gasteiger partial charge in [-0.05, 0) is 75.2 Å². The van der Waals surface area contributed by atoms with Gasteiger partial charge in [0.15, 0.2) is 25.6 Å². The van der Waals surface area contributed by atoms with E-state index in [1.54, 1.807) is 30.3 Å². The lowest BCUT2D eigenvalue weighted by atomic mass is 9.72. The molecule has 41 heavy (non-hydrogen) atoms. The number of sulfonamides is 1. The highest BCUT2D eigenvalue weighted by atomic mass is 32.2. The molecule has 5 atom stereocenters. The van der Waals surface area contributed by atoms with Crippen LogP contribution >= 0.6 is 0 Å². The van der Waals surface area contributed by atoms with Gasteiger partial charge in [0, 0.05) is 11.5 Å². The second kappa shape index (κ2) is 9.28. The molecule has 2 aromatic carbocycles. The van der Waals surface area contributed by atoms with Crippen molar-refractivity contribution in [2.24, 2.45) is 0 Å². The van der Waals surface area contributed by atoms with Crippen molar-refractivity contribution in [2.45, 2.75) is 107 Å². The number of rotatable bonds is 4. The molecule has 0 unspecified atom stereocenters. The Labute approximate surface area is 243 Å². The highest BCUT2D eigenvalue weighted by molar-refractivity contribution is 7.89. The first-order valence-electron chi connectivity index (χ1n) is 14.1. The van der Waals surface area contributed by atoms with E-state index >= 15 is 0 Å². The fraction of sp³-hybridized carbons (Fsp3) is 0.567. The molecule has 3 aliphatic heterocycles. The van der Waals surface area contributed by atoms with Crippen LogP contribution in [0.1, 0.15) is 68.4 Å². The smallest absolute Gasteiger partial charge is 0.268 e. The summed E-state index contributed by atoms with van der Waals surface area (Å²) in [6.45, 7) is 16.5. The van der Waals surface area contributed by atoms with Crippen LogP contribution in [-0.4, -0.2) is 63.9 Å². The largest absolute Gasteiger partial charge is 0.454 e. The second-order valence-electron chi connectivity index (χ2n) is 13.5. The molecule has 1 aliphatic carbocycles. The standard InChI is InChI=1S/C30H39NO8SSi/c1-17-9-11-18(12-10-17)40(33,34)31-25-20(19-13-22-23(36-16-35-22)15-21(19)28(31)32)14-24(39-41(7,8)29(2,3)4)26-27(25)38-30(5,6)37-26/h9-13,15,20,24-27H,14,16H2,1-8H3/t20-,24+,25-,26-,27+/m1/s1. The normalized spacial score (nSPS) is 28.7. The van der Waals surface area contributed by atoms with Gasteiger partial charge in [-0.25, -0.2) is 12.7 Å². The van der Waals surface area contributed by atoms with E-state index in [1.165, 1.54) is 0 Å². The van der Waals surface area contributed by atoms with Gasteiger partial charge in [0.25, 0.3) is 15.9 Å². The molecule has 0 aromatic heterocycles. The minimum atomic E-state index is -4.26. The third-order valence-electron chi connectivity index (χ3n) is 9.24. The fourth-order valence-electron chi connectivity index (χ4n) is 6.20. The van der Waals surface area contributed by atoms with Crippen LogP contribution in [0.25, 0.3) is 0 Å². The molecule has 0 bridgehead atoms. The zero-order valence-electron chi connectivity index (χ0n) is 24.9. The molecule has 11 heteroatoms. The van der Waals surface area contributed by atoms with Gasteiger partial charge in [-0.1, -0.05) is 38.5 Å². The summed E-state index contributed by atoms with van der Waals surface area (Å²) in [5.41, 5.74) is 1.92. The number of fused-ring (bicyclic) bond motifs is 6. The van der Waals surface area contributed by atoms with Crippen LogP contribution in [0, 0.1) is 6.92 Å². The summed E-state index contributed by atoms with van der Waals surface area (Å²) < 4.78 is 60.9. The summed E-state index contributed by atoms with van der Waals surface area (Å²) >= 11 is 0. The zero-order chi connectivity index (χ0) is 29.7. The maximum absolute atomic E-state index is 14.3. The van der Waals surface area contributed by atoms with Crippen molar-refractivity contribution in [2.75, 3.05) is 6.79 Å². The van der Waals surface area contributed by atoms with Crippen LogP contribution in [0.2, 0.25) is 18.1 Å². The maximum atomic E-state index is 14.3. The van der Waals surface area contributed by atoms with Gasteiger partial charge in [0.1, 0.15) is 12.2 Å². The van der Waals surface area contributed by atoms with E-state index in [-0.39, 0.29) is 28.4 Å². The topological polar surface area (TPSA) is 101 Å². The summed E-state index contributed by atoms with van der Waals surface area (Å²) in [6, 6.07) is 9.15. The highest BCUT2D eigenvalue weighted by Gasteiger charge is 2.62. The Morgan fingerprint density at radius 2 is 1.61 bits per heavy atom. The molecule has 0 N–H and O–H groups in total. The summed E-state index contributed by atoms with van der Waals surface area (Å²) in [6.07, 6.45) is -1.20. The van der Waals surface area contributed by atoms with E-state index in [0.29, 0.717) is 17.9 Å². The monoisotopic (exact) mass is 601 g/mol. The molecule has 2 aromatic rings. The molecule has 6 rings (SSSR count). The molecule has 1 saturated heterocycles. The number of carbonyl (C=O) groups is 1. The Bertz CT molecular complexity index is 1500. The van der Waals surface area contributed by atoms with Crippen molar-refractivity contribution < 1.29 is 36.6 Å². The van der Waals surface area contributed by atoms with Crippen molar-refractivity contribution in [1.82, 2.24) is 4.31 Å². The van der Waals surface area contributed by atoms with Gasteiger partial charge in [-0.15, -0.1) is 0 Å². The van der Waals surface area contributed by atoms with Gasteiger partial charge >= 0.3 is 0 Å². The Morgan fingerprint density at radius 1 is 1.00 bits per heavy atom. The molecular formula is C30H39NO8SSi. The molecule has 3 heterocycles. The molecular weight excluding hydrogens is 562 g/mol. The molecule has 2 fully saturated rings. The van der Waals surface area contributed by atoms with Crippen LogP contribution < -0.4 is 9.47 Å². The van der Waals surface area contributed by atoms with Crippen LogP contribution in [-0.2, 0) is 23.9 Å². The first kappa shape index (κ1) is 28.7. The van der Waals surface area contributed by atoms with Gasteiger partial charge < -0.3 is 23.4 Å². The van der Waals surface area contributed by atoms with Gasteiger partial charge in [0.05, 0.1) is 17.0 Å². The first-order valence-corrected chi connectivity index (χ1v) is 18.5. The molecule has 1 saturated carbocycles. The van der Waals surface area contributed by atoms with Crippen LogP contribution in [0.4, 0.5) is 0 Å². The molecule has 0 spiro atoms. The van der Waals surface area contributed by atoms with E-state index in [0.717, 1.165) is 15.4 Å². The number of ether oxygens (including phenoxy) is 4. The van der Waals surface area contributed by atoms with Gasteiger partial charge in [-0.3, -0.25) is 4.79 Å². The second-order valence-corrected chi connectivity index (χ2v) is 20.1. The predicted molar refractivity (Wildman–Crippen MR) is 154 cm³/mol. The van der Waals surface area contributed by atoms with E-state index in [9.17, 15) is 13.2 Å². The van der Waals surface area contributed by atoms with E-state index in [1.807, 2.05) is 26.8 Å². The minimum Gasteiger partial charge on any atom is -0.454 e. The SMILES string of the molecule is Cc1ccc(S(=O)(=O)N2C(=O)c3cc4c(cc3[C@H]3C[C@H](O[Si](C)(C)C(C)(C)C)[C@H]5OC(C)(C)O[C@H]5[C@@H]32)OCO4)cc1. The number of carbonyl (C=O) groups excluding carboxylic acids is 1. The zero-order valence-corrected chi connectivity index (χ0v) is 26.7. The third-order valence-corrected chi connectivity index (χ3v) is 15.5. The molecule has 1 amide bonds. The fourth-order valence-corrected chi connectivity index (χ4v) is 9.15. The van der Waals surface area contributed by atoms with Gasteiger partial charge in [-0.2, -0.15) is 0 Å². The quantitative estimate of drug-likeness (QED) is 0.434. The van der Waals surface area contributed by atoms with Crippen LogP contribution in [0.5, 0.6) is 11.5 Å². The first-order chi connectivity index (χ1) is 19.0. The third kappa shape index (κ3) is 4.60. The number of hydrogen-bond acceptors (Lipinski definition) is 8. The van der Waals surface area contributed by atoms with E-state index in [2.05, 4.69) is 33.9 Å².